The number of hydrogen-bond donors (Lipinski definition) is 3. The molecule has 178 valence electrons. The van der Waals surface area contributed by atoms with E-state index in [-0.39, 0.29) is 41.7 Å². The summed E-state index contributed by atoms with van der Waals surface area (Å²) in [7, 11) is 1.46. The van der Waals surface area contributed by atoms with Gasteiger partial charge in [-0.1, -0.05) is 32.9 Å². The van der Waals surface area contributed by atoms with E-state index in [1.54, 1.807) is 0 Å². The van der Waals surface area contributed by atoms with Crippen molar-refractivity contribution in [3.8, 4) is 0 Å². The van der Waals surface area contributed by atoms with Crippen molar-refractivity contribution in [1.82, 2.24) is 0 Å². The van der Waals surface area contributed by atoms with E-state index in [0.717, 1.165) is 12.0 Å². The largest absolute Gasteiger partial charge is 0.390 e. The molecule has 0 bridgehead atoms. The average molecular weight is 449 g/mol. The lowest BCUT2D eigenvalue weighted by Gasteiger charge is -2.80. The number of ketones is 1. The molecule has 1 saturated heterocycles. The molecule has 7 nitrogen and oxygen atoms in total. The topological polar surface area (TPSA) is 109 Å². The Bertz CT molecular complexity index is 922. The van der Waals surface area contributed by atoms with E-state index in [1.807, 2.05) is 6.92 Å². The minimum Gasteiger partial charge on any atom is -0.390 e. The van der Waals surface area contributed by atoms with Crippen LogP contribution >= 0.6 is 0 Å². The highest BCUT2D eigenvalue weighted by molar-refractivity contribution is 6.01. The number of aliphatic hydroxyl groups is 3. The number of rotatable bonds is 3. The van der Waals surface area contributed by atoms with Crippen LogP contribution in [0.25, 0.3) is 0 Å². The first-order valence-corrected chi connectivity index (χ1v) is 11.9. The summed E-state index contributed by atoms with van der Waals surface area (Å²) in [6, 6.07) is 0. The molecule has 1 aliphatic heterocycles. The molecular weight excluding hydrogens is 412 g/mol. The molecule has 12 atom stereocenters. The molecule has 32 heavy (non-hydrogen) atoms. The molecule has 0 aromatic rings. The molecule has 0 aromatic heterocycles. The SMILES string of the molecule is C=C1C2C(=O)[C@]34[C@H]2[C@H]1CC[C@H]3[C@]1(C)C(O)C2OC2C(C)(C)[C@H]1[C@H](O)[C@]4(OC)OC(C)(C)O. The van der Waals surface area contributed by atoms with Crippen LogP contribution in [0.4, 0.5) is 0 Å². The molecule has 7 heteroatoms. The first-order valence-electron chi connectivity index (χ1n) is 11.9. The molecule has 4 unspecified atom stereocenters. The van der Waals surface area contributed by atoms with Crippen molar-refractivity contribution in [3.05, 3.63) is 12.2 Å². The summed E-state index contributed by atoms with van der Waals surface area (Å²) in [6.07, 6.45) is -0.925. The first-order chi connectivity index (χ1) is 14.7. The Morgan fingerprint density at radius 2 is 1.81 bits per heavy atom. The van der Waals surface area contributed by atoms with Gasteiger partial charge in [-0.05, 0) is 49.9 Å². The second-order valence-corrected chi connectivity index (χ2v) is 12.5. The molecule has 0 amide bonds. The van der Waals surface area contributed by atoms with E-state index < -0.39 is 45.9 Å². The lowest BCUT2D eigenvalue weighted by Crippen LogP contribution is -2.89. The molecule has 5 saturated carbocycles. The molecule has 6 fully saturated rings. The van der Waals surface area contributed by atoms with E-state index >= 15 is 0 Å². The molecule has 6 aliphatic rings. The zero-order valence-corrected chi connectivity index (χ0v) is 19.8. The van der Waals surface area contributed by atoms with Gasteiger partial charge in [0, 0.05) is 24.4 Å². The normalized spacial score (nSPS) is 59.1. The van der Waals surface area contributed by atoms with Crippen molar-refractivity contribution in [3.63, 3.8) is 0 Å². The van der Waals surface area contributed by atoms with Crippen molar-refractivity contribution >= 4 is 5.78 Å². The van der Waals surface area contributed by atoms with Gasteiger partial charge >= 0.3 is 0 Å². The summed E-state index contributed by atoms with van der Waals surface area (Å²) in [4.78, 5) is 14.1. The van der Waals surface area contributed by atoms with Crippen LogP contribution in [0.1, 0.15) is 47.5 Å². The maximum atomic E-state index is 14.1. The molecule has 1 heterocycles. The third kappa shape index (κ3) is 1.91. The quantitative estimate of drug-likeness (QED) is 0.342. The number of methoxy groups -OCH3 is 1. The van der Waals surface area contributed by atoms with E-state index in [9.17, 15) is 20.1 Å². The highest BCUT2D eigenvalue weighted by Gasteiger charge is 2.91. The zero-order chi connectivity index (χ0) is 23.4. The maximum Gasteiger partial charge on any atom is 0.210 e. The monoisotopic (exact) mass is 448 g/mol. The van der Waals surface area contributed by atoms with Crippen LogP contribution in [-0.2, 0) is 19.0 Å². The van der Waals surface area contributed by atoms with Gasteiger partial charge in [-0.15, -0.1) is 0 Å². The van der Waals surface area contributed by atoms with Crippen LogP contribution in [0.3, 0.4) is 0 Å². The lowest BCUT2D eigenvalue weighted by molar-refractivity contribution is -0.461. The molecule has 0 aromatic carbocycles. The lowest BCUT2D eigenvalue weighted by atomic mass is 9.24. The summed E-state index contributed by atoms with van der Waals surface area (Å²) < 4.78 is 18.3. The van der Waals surface area contributed by atoms with Crippen LogP contribution in [-0.4, -0.2) is 64.2 Å². The maximum absolute atomic E-state index is 14.1. The predicted molar refractivity (Wildman–Crippen MR) is 113 cm³/mol. The molecule has 0 radical (unpaired) electrons. The fourth-order valence-electron chi connectivity index (χ4n) is 9.79. The summed E-state index contributed by atoms with van der Waals surface area (Å²) in [5, 5.41) is 34.6. The summed E-state index contributed by atoms with van der Waals surface area (Å²) in [6.45, 7) is 13.3. The van der Waals surface area contributed by atoms with E-state index in [4.69, 9.17) is 14.2 Å². The van der Waals surface area contributed by atoms with Gasteiger partial charge in [-0.3, -0.25) is 4.79 Å². The standard InChI is InChI=1S/C25H36O7/c1-10-11-8-9-12-23(6)16(21(2,3)20-15(31-20)18(23)27)19(28)25(30-7,32-22(4,5)29)24(12)14(11)13(10)17(24)26/h11-16,18-20,27-29H,1,8-9H2,2-7H3/t11-,12-,13?,14-,15?,16+,18?,19-,20?,23-,24+,25-/m0/s1. The average Bonchev–Trinajstić information content (AvgIpc) is 3.48. The number of carbonyl (C=O) groups is 1. The minimum absolute atomic E-state index is 0.0258. The Labute approximate surface area is 189 Å². The second kappa shape index (κ2) is 5.69. The van der Waals surface area contributed by atoms with Gasteiger partial charge in [0.05, 0.1) is 17.6 Å². The smallest absolute Gasteiger partial charge is 0.210 e. The van der Waals surface area contributed by atoms with Crippen molar-refractivity contribution in [1.29, 1.82) is 0 Å². The molecular formula is C25H36O7. The fourth-order valence-corrected chi connectivity index (χ4v) is 9.79. The molecule has 1 spiro atoms. The number of ether oxygens (including phenoxy) is 3. The Balaban J connectivity index is 1.62. The summed E-state index contributed by atoms with van der Waals surface area (Å²) >= 11 is 0. The van der Waals surface area contributed by atoms with Crippen molar-refractivity contribution in [2.45, 2.75) is 83.5 Å². The van der Waals surface area contributed by atoms with Gasteiger partial charge in [0.2, 0.25) is 5.79 Å². The highest BCUT2D eigenvalue weighted by Crippen LogP contribution is 2.83. The Morgan fingerprint density at radius 3 is 2.41 bits per heavy atom. The second-order valence-electron chi connectivity index (χ2n) is 12.5. The van der Waals surface area contributed by atoms with Gasteiger partial charge in [-0.2, -0.15) is 0 Å². The summed E-state index contributed by atoms with van der Waals surface area (Å²) in [5.74, 6) is -4.28. The molecule has 5 aliphatic carbocycles. The van der Waals surface area contributed by atoms with Crippen molar-refractivity contribution < 1.29 is 34.3 Å². The number of fused-ring (bicyclic) bond motifs is 3. The number of Topliss-reactive ketones (excluding diaryl/α,β-unsaturated/α-hetero) is 1. The van der Waals surface area contributed by atoms with Crippen molar-refractivity contribution in [2.75, 3.05) is 7.11 Å². The number of aliphatic hydroxyl groups excluding tert-OH is 2. The van der Waals surface area contributed by atoms with Crippen LogP contribution in [0.15, 0.2) is 12.2 Å². The van der Waals surface area contributed by atoms with Gasteiger partial charge in [0.25, 0.3) is 0 Å². The number of allylic oxidation sites excluding steroid dienone is 1. The van der Waals surface area contributed by atoms with Gasteiger partial charge in [0.15, 0.2) is 11.6 Å². The molecule has 3 N–H and O–H groups in total. The van der Waals surface area contributed by atoms with E-state index in [0.29, 0.717) is 6.42 Å². The van der Waals surface area contributed by atoms with Crippen LogP contribution in [0, 0.1) is 45.8 Å². The van der Waals surface area contributed by atoms with Gasteiger partial charge < -0.3 is 29.5 Å². The number of epoxide rings is 1. The van der Waals surface area contributed by atoms with Gasteiger partial charge in [0.1, 0.15) is 12.2 Å². The Morgan fingerprint density at radius 1 is 1.16 bits per heavy atom. The fraction of sp³-hybridized carbons (Fsp3) is 0.880. The number of carbonyl (C=O) groups excluding carboxylic acids is 1. The third-order valence-electron chi connectivity index (χ3n) is 10.6. The first kappa shape index (κ1) is 21.7. The van der Waals surface area contributed by atoms with Crippen molar-refractivity contribution in [2.24, 2.45) is 45.8 Å². The van der Waals surface area contributed by atoms with Crippen LogP contribution in [0.2, 0.25) is 0 Å². The van der Waals surface area contributed by atoms with E-state index in [2.05, 4.69) is 20.4 Å². The minimum atomic E-state index is -1.73. The van der Waals surface area contributed by atoms with Crippen LogP contribution < -0.4 is 0 Å². The number of hydrogen-bond acceptors (Lipinski definition) is 7. The highest BCUT2D eigenvalue weighted by atomic mass is 16.8. The third-order valence-corrected chi connectivity index (χ3v) is 10.6. The predicted octanol–water partition coefficient (Wildman–Crippen LogP) is 1.64. The van der Waals surface area contributed by atoms with Gasteiger partial charge in [-0.25, -0.2) is 0 Å². The Kier molecular flexibility index (Phi) is 3.86. The Hall–Kier alpha value is -0.830. The van der Waals surface area contributed by atoms with Crippen LogP contribution in [0.5, 0.6) is 0 Å². The molecule has 6 rings (SSSR count). The van der Waals surface area contributed by atoms with E-state index in [1.165, 1.54) is 21.0 Å². The zero-order valence-electron chi connectivity index (χ0n) is 19.8. The summed E-state index contributed by atoms with van der Waals surface area (Å²) in [5.41, 5.74) is -1.44.